The summed E-state index contributed by atoms with van der Waals surface area (Å²) >= 11 is 5.58. The van der Waals surface area contributed by atoms with Gasteiger partial charge in [0.05, 0.1) is 11.1 Å². The van der Waals surface area contributed by atoms with Gasteiger partial charge in [-0.2, -0.15) is 0 Å². The standard InChI is InChI=1S/C10H12ClFO2/c1-6(14-2)10(13)7-3-4-9(12)8(11)5-7/h3-6,10,13H,1-2H3. The second kappa shape index (κ2) is 4.73. The third kappa shape index (κ3) is 2.44. The lowest BCUT2D eigenvalue weighted by Gasteiger charge is -2.17. The van der Waals surface area contributed by atoms with E-state index in [9.17, 15) is 9.50 Å². The van der Waals surface area contributed by atoms with Crippen LogP contribution in [-0.4, -0.2) is 18.3 Å². The number of methoxy groups -OCH3 is 1. The first kappa shape index (κ1) is 11.4. The number of rotatable bonds is 3. The van der Waals surface area contributed by atoms with Crippen LogP contribution in [-0.2, 0) is 4.74 Å². The van der Waals surface area contributed by atoms with Gasteiger partial charge in [-0.05, 0) is 24.6 Å². The molecule has 1 aromatic carbocycles. The molecule has 1 aromatic rings. The van der Waals surface area contributed by atoms with Gasteiger partial charge in [-0.15, -0.1) is 0 Å². The first-order valence-electron chi connectivity index (χ1n) is 4.22. The summed E-state index contributed by atoms with van der Waals surface area (Å²) < 4.78 is 17.7. The Kier molecular flexibility index (Phi) is 3.86. The number of hydrogen-bond acceptors (Lipinski definition) is 2. The Bertz CT molecular complexity index is 317. The van der Waals surface area contributed by atoms with Crippen molar-refractivity contribution >= 4 is 11.6 Å². The van der Waals surface area contributed by atoms with E-state index in [-0.39, 0.29) is 11.1 Å². The fraction of sp³-hybridized carbons (Fsp3) is 0.400. The average Bonchev–Trinajstić information content (AvgIpc) is 2.20. The van der Waals surface area contributed by atoms with E-state index in [2.05, 4.69) is 0 Å². The van der Waals surface area contributed by atoms with E-state index >= 15 is 0 Å². The lowest BCUT2D eigenvalue weighted by Crippen LogP contribution is -2.16. The average molecular weight is 219 g/mol. The molecule has 2 atom stereocenters. The maximum Gasteiger partial charge on any atom is 0.141 e. The van der Waals surface area contributed by atoms with E-state index in [0.717, 1.165) is 0 Å². The Labute approximate surface area is 87.3 Å². The van der Waals surface area contributed by atoms with Crippen LogP contribution in [0.2, 0.25) is 5.02 Å². The number of halogens is 2. The first-order chi connectivity index (χ1) is 6.56. The van der Waals surface area contributed by atoms with Crippen molar-refractivity contribution in [3.8, 4) is 0 Å². The monoisotopic (exact) mass is 218 g/mol. The van der Waals surface area contributed by atoms with E-state index < -0.39 is 11.9 Å². The number of ether oxygens (including phenoxy) is 1. The van der Waals surface area contributed by atoms with Crippen molar-refractivity contribution in [3.63, 3.8) is 0 Å². The Morgan fingerprint density at radius 2 is 2.14 bits per heavy atom. The van der Waals surface area contributed by atoms with E-state index in [1.165, 1.54) is 25.3 Å². The molecular weight excluding hydrogens is 207 g/mol. The van der Waals surface area contributed by atoms with Crippen LogP contribution >= 0.6 is 11.6 Å². The van der Waals surface area contributed by atoms with E-state index in [1.54, 1.807) is 6.92 Å². The highest BCUT2D eigenvalue weighted by atomic mass is 35.5. The van der Waals surface area contributed by atoms with Gasteiger partial charge >= 0.3 is 0 Å². The highest BCUT2D eigenvalue weighted by molar-refractivity contribution is 6.30. The Balaban J connectivity index is 2.91. The maximum atomic E-state index is 12.8. The quantitative estimate of drug-likeness (QED) is 0.845. The largest absolute Gasteiger partial charge is 0.386 e. The Morgan fingerprint density at radius 1 is 1.50 bits per heavy atom. The first-order valence-corrected chi connectivity index (χ1v) is 4.60. The molecule has 0 aliphatic carbocycles. The van der Waals surface area contributed by atoms with Crippen LogP contribution in [0, 0.1) is 5.82 Å². The Hall–Kier alpha value is -0.640. The van der Waals surface area contributed by atoms with Crippen molar-refractivity contribution in [2.24, 2.45) is 0 Å². The van der Waals surface area contributed by atoms with Crippen molar-refractivity contribution in [2.75, 3.05) is 7.11 Å². The lowest BCUT2D eigenvalue weighted by atomic mass is 10.1. The van der Waals surface area contributed by atoms with Crippen LogP contribution in [0.4, 0.5) is 4.39 Å². The summed E-state index contributed by atoms with van der Waals surface area (Å²) in [5.41, 5.74) is 0.547. The third-order valence-corrected chi connectivity index (χ3v) is 2.39. The zero-order valence-corrected chi connectivity index (χ0v) is 8.75. The van der Waals surface area contributed by atoms with Crippen LogP contribution < -0.4 is 0 Å². The molecule has 14 heavy (non-hydrogen) atoms. The molecule has 0 aliphatic rings. The van der Waals surface area contributed by atoms with E-state index in [1.807, 2.05) is 0 Å². The normalized spacial score (nSPS) is 15.2. The highest BCUT2D eigenvalue weighted by Gasteiger charge is 2.16. The van der Waals surface area contributed by atoms with Crippen molar-refractivity contribution in [1.29, 1.82) is 0 Å². The maximum absolute atomic E-state index is 12.8. The van der Waals surface area contributed by atoms with Gasteiger partial charge in [-0.25, -0.2) is 4.39 Å². The molecule has 78 valence electrons. The minimum absolute atomic E-state index is 0.00449. The van der Waals surface area contributed by atoms with Gasteiger partial charge in [-0.1, -0.05) is 17.7 Å². The van der Waals surface area contributed by atoms with Crippen molar-refractivity contribution in [2.45, 2.75) is 19.1 Å². The molecule has 4 heteroatoms. The van der Waals surface area contributed by atoms with Crippen molar-refractivity contribution in [1.82, 2.24) is 0 Å². The molecule has 0 bridgehead atoms. The van der Waals surface area contributed by atoms with Gasteiger partial charge < -0.3 is 9.84 Å². The van der Waals surface area contributed by atoms with Gasteiger partial charge in [0.25, 0.3) is 0 Å². The third-order valence-electron chi connectivity index (χ3n) is 2.10. The molecule has 2 unspecified atom stereocenters. The van der Waals surface area contributed by atoms with Gasteiger partial charge in [0.1, 0.15) is 11.9 Å². The van der Waals surface area contributed by atoms with Crippen molar-refractivity contribution < 1.29 is 14.2 Å². The molecule has 0 spiro atoms. The molecule has 0 fully saturated rings. The number of benzene rings is 1. The molecule has 0 heterocycles. The number of hydrogen-bond donors (Lipinski definition) is 1. The zero-order valence-electron chi connectivity index (χ0n) is 8.00. The summed E-state index contributed by atoms with van der Waals surface area (Å²) in [5, 5.41) is 9.70. The second-order valence-electron chi connectivity index (χ2n) is 3.06. The zero-order chi connectivity index (χ0) is 10.7. The molecule has 1 N–H and O–H groups in total. The van der Waals surface area contributed by atoms with Gasteiger partial charge in [0, 0.05) is 7.11 Å². The lowest BCUT2D eigenvalue weighted by molar-refractivity contribution is -0.00145. The predicted octanol–water partition coefficient (Wildman–Crippen LogP) is 2.55. The molecule has 1 rings (SSSR count). The van der Waals surface area contributed by atoms with E-state index in [4.69, 9.17) is 16.3 Å². The Morgan fingerprint density at radius 3 is 2.64 bits per heavy atom. The minimum atomic E-state index is -0.793. The second-order valence-corrected chi connectivity index (χ2v) is 3.47. The fourth-order valence-electron chi connectivity index (χ4n) is 1.10. The molecule has 0 aromatic heterocycles. The molecular formula is C10H12ClFO2. The van der Waals surface area contributed by atoms with Crippen LogP contribution in [0.1, 0.15) is 18.6 Å². The molecule has 0 aliphatic heterocycles. The smallest absolute Gasteiger partial charge is 0.141 e. The summed E-state index contributed by atoms with van der Waals surface area (Å²) in [6.07, 6.45) is -1.14. The van der Waals surface area contributed by atoms with Gasteiger partial charge in [-0.3, -0.25) is 0 Å². The summed E-state index contributed by atoms with van der Waals surface area (Å²) in [7, 11) is 1.50. The van der Waals surface area contributed by atoms with Gasteiger partial charge in [0.2, 0.25) is 0 Å². The molecule has 0 saturated carbocycles. The fourth-order valence-corrected chi connectivity index (χ4v) is 1.29. The molecule has 0 saturated heterocycles. The molecule has 2 nitrogen and oxygen atoms in total. The van der Waals surface area contributed by atoms with Crippen LogP contribution in [0.5, 0.6) is 0 Å². The SMILES string of the molecule is COC(C)C(O)c1ccc(F)c(Cl)c1. The predicted molar refractivity (Wildman–Crippen MR) is 52.8 cm³/mol. The molecule has 0 amide bonds. The number of aliphatic hydroxyl groups is 1. The van der Waals surface area contributed by atoms with Crippen LogP contribution in [0.3, 0.4) is 0 Å². The summed E-state index contributed by atoms with van der Waals surface area (Å²) in [6, 6.07) is 4.11. The summed E-state index contributed by atoms with van der Waals surface area (Å²) in [5.74, 6) is -0.493. The van der Waals surface area contributed by atoms with E-state index in [0.29, 0.717) is 5.56 Å². The molecule has 0 radical (unpaired) electrons. The summed E-state index contributed by atoms with van der Waals surface area (Å²) in [6.45, 7) is 1.72. The van der Waals surface area contributed by atoms with Crippen molar-refractivity contribution in [3.05, 3.63) is 34.6 Å². The summed E-state index contributed by atoms with van der Waals surface area (Å²) in [4.78, 5) is 0. The number of aliphatic hydroxyl groups excluding tert-OH is 1. The minimum Gasteiger partial charge on any atom is -0.386 e. The van der Waals surface area contributed by atoms with Crippen LogP contribution in [0.25, 0.3) is 0 Å². The van der Waals surface area contributed by atoms with Gasteiger partial charge in [0.15, 0.2) is 0 Å². The highest BCUT2D eigenvalue weighted by Crippen LogP contribution is 2.23. The van der Waals surface area contributed by atoms with Crippen LogP contribution in [0.15, 0.2) is 18.2 Å². The topological polar surface area (TPSA) is 29.5 Å².